The third kappa shape index (κ3) is 5.23. The van der Waals surface area contributed by atoms with Crippen molar-refractivity contribution in [3.8, 4) is 0 Å². The van der Waals surface area contributed by atoms with Crippen molar-refractivity contribution in [2.24, 2.45) is 5.73 Å². The number of nitrogens with one attached hydrogen (secondary N) is 1. The van der Waals surface area contributed by atoms with Gasteiger partial charge in [-0.3, -0.25) is 14.9 Å². The van der Waals surface area contributed by atoms with Gasteiger partial charge in [-0.2, -0.15) is 0 Å². The summed E-state index contributed by atoms with van der Waals surface area (Å²) in [5.41, 5.74) is 5.11. The van der Waals surface area contributed by atoms with E-state index >= 15 is 0 Å². The van der Waals surface area contributed by atoms with Crippen LogP contribution in [-0.2, 0) is 14.4 Å². The first kappa shape index (κ1) is 9.77. The van der Waals surface area contributed by atoms with Gasteiger partial charge in [0.1, 0.15) is 6.29 Å². The van der Waals surface area contributed by atoms with E-state index in [4.69, 9.17) is 5.73 Å². The van der Waals surface area contributed by atoms with Crippen molar-refractivity contribution in [3.05, 3.63) is 0 Å². The topological polar surface area (TPSA) is 89.3 Å². The SMILES string of the molecule is CC(=O)NC(=O)C[C@@H](N)C=O. The fourth-order valence-electron chi connectivity index (χ4n) is 0.510. The van der Waals surface area contributed by atoms with Crippen LogP contribution in [0.15, 0.2) is 0 Å². The largest absolute Gasteiger partial charge is 0.321 e. The Morgan fingerprint density at radius 2 is 2.18 bits per heavy atom. The molecule has 0 aromatic heterocycles. The van der Waals surface area contributed by atoms with E-state index in [1.165, 1.54) is 6.92 Å². The molecule has 0 radical (unpaired) electrons. The van der Waals surface area contributed by atoms with Crippen molar-refractivity contribution in [1.29, 1.82) is 0 Å². The molecule has 0 aromatic rings. The quantitative estimate of drug-likeness (QED) is 0.492. The molecule has 0 unspecified atom stereocenters. The van der Waals surface area contributed by atoms with E-state index in [0.29, 0.717) is 6.29 Å². The summed E-state index contributed by atoms with van der Waals surface area (Å²) in [6.07, 6.45) is 0.308. The van der Waals surface area contributed by atoms with Crippen LogP contribution < -0.4 is 11.1 Å². The maximum atomic E-state index is 10.7. The second-order valence-corrected chi connectivity index (χ2v) is 2.11. The van der Waals surface area contributed by atoms with E-state index in [-0.39, 0.29) is 6.42 Å². The van der Waals surface area contributed by atoms with Gasteiger partial charge in [0.25, 0.3) is 0 Å². The Balaban J connectivity index is 3.69. The Labute approximate surface area is 63.9 Å². The highest BCUT2D eigenvalue weighted by Gasteiger charge is 2.08. The highest BCUT2D eigenvalue weighted by atomic mass is 16.2. The zero-order valence-corrected chi connectivity index (χ0v) is 6.16. The molecule has 0 spiro atoms. The molecule has 0 heterocycles. The van der Waals surface area contributed by atoms with E-state index < -0.39 is 17.9 Å². The number of imide groups is 1. The van der Waals surface area contributed by atoms with Crippen molar-refractivity contribution in [1.82, 2.24) is 5.32 Å². The van der Waals surface area contributed by atoms with Crippen molar-refractivity contribution in [2.75, 3.05) is 0 Å². The number of amides is 2. The molecular weight excluding hydrogens is 148 g/mol. The van der Waals surface area contributed by atoms with Gasteiger partial charge in [0.05, 0.1) is 6.04 Å². The number of carbonyl (C=O) groups excluding carboxylic acids is 3. The summed E-state index contributed by atoms with van der Waals surface area (Å²) in [4.78, 5) is 30.9. The van der Waals surface area contributed by atoms with Crippen LogP contribution in [0.3, 0.4) is 0 Å². The highest BCUT2D eigenvalue weighted by Crippen LogP contribution is 1.82. The van der Waals surface area contributed by atoms with Crippen LogP contribution in [0.4, 0.5) is 0 Å². The first-order valence-electron chi connectivity index (χ1n) is 3.07. The number of hydrogen-bond donors (Lipinski definition) is 2. The van der Waals surface area contributed by atoms with Crippen LogP contribution in [0.25, 0.3) is 0 Å². The molecule has 2 amide bonds. The first-order chi connectivity index (χ1) is 5.06. The van der Waals surface area contributed by atoms with E-state index in [0.717, 1.165) is 0 Å². The smallest absolute Gasteiger partial charge is 0.228 e. The molecule has 0 aliphatic carbocycles. The van der Waals surface area contributed by atoms with Gasteiger partial charge in [-0.05, 0) is 0 Å². The molecule has 0 aliphatic rings. The van der Waals surface area contributed by atoms with E-state index in [1.54, 1.807) is 0 Å². The lowest BCUT2D eigenvalue weighted by atomic mass is 10.2. The lowest BCUT2D eigenvalue weighted by Gasteiger charge is -2.01. The number of carbonyl (C=O) groups is 3. The summed E-state index contributed by atoms with van der Waals surface area (Å²) in [5, 5.41) is 1.99. The molecule has 5 nitrogen and oxygen atoms in total. The highest BCUT2D eigenvalue weighted by molar-refractivity contribution is 5.95. The molecule has 5 heteroatoms. The van der Waals surface area contributed by atoms with Gasteiger partial charge in [-0.1, -0.05) is 0 Å². The van der Waals surface area contributed by atoms with Crippen LogP contribution in [0.1, 0.15) is 13.3 Å². The van der Waals surface area contributed by atoms with Crippen LogP contribution in [0.2, 0.25) is 0 Å². The first-order valence-corrected chi connectivity index (χ1v) is 3.07. The molecule has 0 aromatic carbocycles. The van der Waals surface area contributed by atoms with E-state index in [1.807, 2.05) is 5.32 Å². The van der Waals surface area contributed by atoms with Crippen molar-refractivity contribution in [3.63, 3.8) is 0 Å². The van der Waals surface area contributed by atoms with Crippen LogP contribution in [-0.4, -0.2) is 24.1 Å². The molecule has 11 heavy (non-hydrogen) atoms. The van der Waals surface area contributed by atoms with Gasteiger partial charge in [-0.15, -0.1) is 0 Å². The minimum absolute atomic E-state index is 0.150. The predicted octanol–water partition coefficient (Wildman–Crippen LogP) is -1.43. The summed E-state index contributed by atoms with van der Waals surface area (Å²) >= 11 is 0. The second kappa shape index (κ2) is 4.56. The van der Waals surface area contributed by atoms with Crippen LogP contribution in [0, 0.1) is 0 Å². The second-order valence-electron chi connectivity index (χ2n) is 2.11. The third-order valence-corrected chi connectivity index (χ3v) is 0.911. The number of hydrogen-bond acceptors (Lipinski definition) is 4. The number of rotatable bonds is 3. The third-order valence-electron chi connectivity index (χ3n) is 0.911. The van der Waals surface area contributed by atoms with Gasteiger partial charge in [0.2, 0.25) is 11.8 Å². The average molecular weight is 158 g/mol. The Hall–Kier alpha value is -1.23. The molecule has 62 valence electrons. The minimum atomic E-state index is -0.825. The zero-order chi connectivity index (χ0) is 8.85. The Morgan fingerprint density at radius 1 is 1.64 bits per heavy atom. The summed E-state index contributed by atoms with van der Waals surface area (Å²) in [5.74, 6) is -0.981. The minimum Gasteiger partial charge on any atom is -0.321 e. The lowest BCUT2D eigenvalue weighted by Crippen LogP contribution is -2.34. The fourth-order valence-corrected chi connectivity index (χ4v) is 0.510. The molecule has 0 bridgehead atoms. The molecular formula is C6H10N2O3. The maximum absolute atomic E-state index is 10.7. The fraction of sp³-hybridized carbons (Fsp3) is 0.500. The number of aldehydes is 1. The van der Waals surface area contributed by atoms with Gasteiger partial charge < -0.3 is 10.5 Å². The summed E-state index contributed by atoms with van der Waals surface area (Å²) in [6, 6.07) is -0.825. The summed E-state index contributed by atoms with van der Waals surface area (Å²) < 4.78 is 0. The maximum Gasteiger partial charge on any atom is 0.228 e. The summed E-state index contributed by atoms with van der Waals surface area (Å²) in [6.45, 7) is 1.21. The molecule has 0 saturated carbocycles. The predicted molar refractivity (Wildman–Crippen MR) is 37.5 cm³/mol. The van der Waals surface area contributed by atoms with E-state index in [9.17, 15) is 14.4 Å². The molecule has 0 aliphatic heterocycles. The Kier molecular flexibility index (Phi) is 4.05. The standard InChI is InChI=1S/C6H10N2O3/c1-4(10)8-6(11)2-5(7)3-9/h3,5H,2,7H2,1H3,(H,8,10,11)/t5-/m1/s1. The van der Waals surface area contributed by atoms with Crippen LogP contribution >= 0.6 is 0 Å². The van der Waals surface area contributed by atoms with Gasteiger partial charge >= 0.3 is 0 Å². The van der Waals surface area contributed by atoms with Crippen molar-refractivity contribution in [2.45, 2.75) is 19.4 Å². The Morgan fingerprint density at radius 3 is 2.55 bits per heavy atom. The monoisotopic (exact) mass is 158 g/mol. The van der Waals surface area contributed by atoms with Gasteiger partial charge in [0, 0.05) is 13.3 Å². The lowest BCUT2D eigenvalue weighted by molar-refractivity contribution is -0.130. The molecule has 3 N–H and O–H groups in total. The van der Waals surface area contributed by atoms with Gasteiger partial charge in [0.15, 0.2) is 0 Å². The normalized spacial score (nSPS) is 11.8. The zero-order valence-electron chi connectivity index (χ0n) is 6.16. The molecule has 0 rings (SSSR count). The number of nitrogens with two attached hydrogens (primary N) is 1. The van der Waals surface area contributed by atoms with Crippen molar-refractivity contribution < 1.29 is 14.4 Å². The summed E-state index contributed by atoms with van der Waals surface area (Å²) in [7, 11) is 0. The molecule has 0 fully saturated rings. The Bertz CT molecular complexity index is 179. The van der Waals surface area contributed by atoms with E-state index in [2.05, 4.69) is 0 Å². The van der Waals surface area contributed by atoms with Crippen LogP contribution in [0.5, 0.6) is 0 Å². The molecule has 0 saturated heterocycles. The van der Waals surface area contributed by atoms with Crippen molar-refractivity contribution >= 4 is 18.1 Å². The van der Waals surface area contributed by atoms with Gasteiger partial charge in [-0.25, -0.2) is 0 Å². The molecule has 1 atom stereocenters. The average Bonchev–Trinajstić information content (AvgIpc) is 1.85.